The SMILES string of the molecule is Cc1ccccc1CS(=O)(=O)N1CCCC(Cn2cncn2)C1. The summed E-state index contributed by atoms with van der Waals surface area (Å²) < 4.78 is 28.9. The molecule has 0 bridgehead atoms. The number of rotatable bonds is 5. The van der Waals surface area contributed by atoms with E-state index in [0.717, 1.165) is 30.5 Å². The van der Waals surface area contributed by atoms with Crippen molar-refractivity contribution in [1.29, 1.82) is 0 Å². The van der Waals surface area contributed by atoms with Crippen LogP contribution in [0.2, 0.25) is 0 Å². The Bertz CT molecular complexity index is 743. The van der Waals surface area contributed by atoms with Crippen molar-refractivity contribution in [3.05, 3.63) is 48.0 Å². The average Bonchev–Trinajstić information content (AvgIpc) is 3.03. The van der Waals surface area contributed by atoms with E-state index in [0.29, 0.717) is 13.1 Å². The van der Waals surface area contributed by atoms with Crippen molar-refractivity contribution in [2.75, 3.05) is 13.1 Å². The summed E-state index contributed by atoms with van der Waals surface area (Å²) in [5.74, 6) is 0.368. The molecular weight excluding hydrogens is 312 g/mol. The van der Waals surface area contributed by atoms with Gasteiger partial charge in [-0.3, -0.25) is 4.68 Å². The molecule has 124 valence electrons. The zero-order valence-corrected chi connectivity index (χ0v) is 14.1. The first-order chi connectivity index (χ1) is 11.0. The van der Waals surface area contributed by atoms with E-state index in [1.54, 1.807) is 15.3 Å². The fourth-order valence-corrected chi connectivity index (χ4v) is 4.82. The van der Waals surface area contributed by atoms with E-state index in [-0.39, 0.29) is 11.7 Å². The maximum atomic E-state index is 12.7. The van der Waals surface area contributed by atoms with E-state index < -0.39 is 10.0 Å². The van der Waals surface area contributed by atoms with E-state index in [2.05, 4.69) is 10.1 Å². The molecule has 1 aromatic carbocycles. The van der Waals surface area contributed by atoms with Gasteiger partial charge in [0, 0.05) is 19.6 Å². The predicted molar refractivity (Wildman–Crippen MR) is 88.1 cm³/mol. The summed E-state index contributed by atoms with van der Waals surface area (Å²) in [6, 6.07) is 7.67. The van der Waals surface area contributed by atoms with Crippen molar-refractivity contribution in [1.82, 2.24) is 19.1 Å². The third-order valence-corrected chi connectivity index (χ3v) is 6.18. The highest BCUT2D eigenvalue weighted by Gasteiger charge is 2.29. The molecule has 1 fully saturated rings. The molecule has 0 amide bonds. The maximum absolute atomic E-state index is 12.7. The third-order valence-electron chi connectivity index (χ3n) is 4.39. The minimum absolute atomic E-state index is 0.0791. The zero-order chi connectivity index (χ0) is 16.3. The van der Waals surface area contributed by atoms with Gasteiger partial charge in [0.25, 0.3) is 0 Å². The molecule has 1 aromatic heterocycles. The van der Waals surface area contributed by atoms with E-state index in [4.69, 9.17) is 0 Å². The lowest BCUT2D eigenvalue weighted by molar-refractivity contribution is 0.239. The summed E-state index contributed by atoms with van der Waals surface area (Å²) in [5, 5.41) is 4.11. The largest absolute Gasteiger partial charge is 0.253 e. The first kappa shape index (κ1) is 16.1. The molecule has 2 heterocycles. The molecule has 2 aromatic rings. The molecule has 7 heteroatoms. The molecule has 0 N–H and O–H groups in total. The smallest absolute Gasteiger partial charge is 0.218 e. The van der Waals surface area contributed by atoms with Crippen molar-refractivity contribution < 1.29 is 8.42 Å². The lowest BCUT2D eigenvalue weighted by Gasteiger charge is -2.32. The first-order valence-electron chi connectivity index (χ1n) is 7.89. The monoisotopic (exact) mass is 334 g/mol. The minimum atomic E-state index is -3.28. The highest BCUT2D eigenvalue weighted by molar-refractivity contribution is 7.88. The van der Waals surface area contributed by atoms with E-state index >= 15 is 0 Å². The fourth-order valence-electron chi connectivity index (χ4n) is 3.08. The van der Waals surface area contributed by atoms with Gasteiger partial charge in [0.05, 0.1) is 5.75 Å². The topological polar surface area (TPSA) is 68.1 Å². The highest BCUT2D eigenvalue weighted by atomic mass is 32.2. The quantitative estimate of drug-likeness (QED) is 0.836. The number of benzene rings is 1. The number of hydrogen-bond acceptors (Lipinski definition) is 4. The van der Waals surface area contributed by atoms with Crippen LogP contribution in [0, 0.1) is 12.8 Å². The molecule has 1 saturated heterocycles. The number of aromatic nitrogens is 3. The average molecular weight is 334 g/mol. The highest BCUT2D eigenvalue weighted by Crippen LogP contribution is 2.23. The van der Waals surface area contributed by atoms with Gasteiger partial charge in [-0.25, -0.2) is 17.7 Å². The lowest BCUT2D eigenvalue weighted by Crippen LogP contribution is -2.41. The molecule has 1 unspecified atom stereocenters. The number of sulfonamides is 1. The maximum Gasteiger partial charge on any atom is 0.218 e. The number of aryl methyl sites for hydroxylation is 1. The zero-order valence-electron chi connectivity index (χ0n) is 13.3. The Morgan fingerprint density at radius 1 is 1.30 bits per heavy atom. The van der Waals surface area contributed by atoms with Crippen LogP contribution >= 0.6 is 0 Å². The van der Waals surface area contributed by atoms with Crippen LogP contribution in [-0.4, -0.2) is 40.6 Å². The molecular formula is C16H22N4O2S. The Morgan fingerprint density at radius 3 is 2.87 bits per heavy atom. The van der Waals surface area contributed by atoms with Gasteiger partial charge in [0.2, 0.25) is 10.0 Å². The van der Waals surface area contributed by atoms with Gasteiger partial charge < -0.3 is 0 Å². The van der Waals surface area contributed by atoms with Crippen LogP contribution in [0.1, 0.15) is 24.0 Å². The van der Waals surface area contributed by atoms with Crippen molar-refractivity contribution in [3.8, 4) is 0 Å². The molecule has 0 aliphatic carbocycles. The number of piperidine rings is 1. The summed E-state index contributed by atoms with van der Waals surface area (Å²) in [7, 11) is -3.28. The van der Waals surface area contributed by atoms with E-state index in [9.17, 15) is 8.42 Å². The van der Waals surface area contributed by atoms with Gasteiger partial charge >= 0.3 is 0 Å². The van der Waals surface area contributed by atoms with Gasteiger partial charge in [0.15, 0.2) is 0 Å². The summed E-state index contributed by atoms with van der Waals surface area (Å²) in [4.78, 5) is 3.94. The second-order valence-corrected chi connectivity index (χ2v) is 8.14. The minimum Gasteiger partial charge on any atom is -0.253 e. The Kier molecular flexibility index (Phi) is 4.77. The Balaban J connectivity index is 1.68. The summed E-state index contributed by atoms with van der Waals surface area (Å²) >= 11 is 0. The Labute approximate surface area is 137 Å². The molecule has 1 aliphatic rings. The Hall–Kier alpha value is -1.73. The van der Waals surface area contributed by atoms with Crippen LogP contribution in [0.15, 0.2) is 36.9 Å². The molecule has 0 saturated carbocycles. The molecule has 1 aliphatic heterocycles. The van der Waals surface area contributed by atoms with Gasteiger partial charge in [-0.05, 0) is 36.8 Å². The van der Waals surface area contributed by atoms with E-state index in [1.807, 2.05) is 31.2 Å². The van der Waals surface area contributed by atoms with Crippen molar-refractivity contribution in [2.45, 2.75) is 32.1 Å². The first-order valence-corrected chi connectivity index (χ1v) is 9.50. The third kappa shape index (κ3) is 3.97. The normalized spacial score (nSPS) is 19.8. The molecule has 3 rings (SSSR count). The molecule has 1 atom stereocenters. The van der Waals surface area contributed by atoms with Crippen LogP contribution < -0.4 is 0 Å². The lowest BCUT2D eigenvalue weighted by atomic mass is 10.00. The second-order valence-electron chi connectivity index (χ2n) is 6.17. The number of nitrogens with zero attached hydrogens (tertiary/aromatic N) is 4. The van der Waals surface area contributed by atoms with Crippen molar-refractivity contribution in [3.63, 3.8) is 0 Å². The summed E-state index contributed by atoms with van der Waals surface area (Å²) in [5.41, 5.74) is 1.90. The summed E-state index contributed by atoms with van der Waals surface area (Å²) in [6.07, 6.45) is 5.11. The van der Waals surface area contributed by atoms with Crippen molar-refractivity contribution in [2.24, 2.45) is 5.92 Å². The fraction of sp³-hybridized carbons (Fsp3) is 0.500. The molecule has 6 nitrogen and oxygen atoms in total. The predicted octanol–water partition coefficient (Wildman–Crippen LogP) is 1.83. The molecule has 23 heavy (non-hydrogen) atoms. The Morgan fingerprint density at radius 2 is 2.13 bits per heavy atom. The van der Waals surface area contributed by atoms with Gasteiger partial charge in [0.1, 0.15) is 12.7 Å². The van der Waals surface area contributed by atoms with Gasteiger partial charge in [-0.1, -0.05) is 24.3 Å². The molecule has 0 radical (unpaired) electrons. The second kappa shape index (κ2) is 6.80. The van der Waals surface area contributed by atoms with Crippen LogP contribution in [0.5, 0.6) is 0 Å². The van der Waals surface area contributed by atoms with Crippen LogP contribution in [0.4, 0.5) is 0 Å². The standard InChI is InChI=1S/C16H22N4O2S/c1-14-5-2-3-7-16(14)11-23(21,22)20-8-4-6-15(10-20)9-19-13-17-12-18-19/h2-3,5,7,12-13,15H,4,6,8-11H2,1H3. The van der Waals surface area contributed by atoms with E-state index in [1.165, 1.54) is 6.33 Å². The summed E-state index contributed by atoms with van der Waals surface area (Å²) in [6.45, 7) is 3.85. The number of hydrogen-bond donors (Lipinski definition) is 0. The van der Waals surface area contributed by atoms with Crippen molar-refractivity contribution >= 4 is 10.0 Å². The van der Waals surface area contributed by atoms with Gasteiger partial charge in [-0.2, -0.15) is 5.10 Å². The van der Waals surface area contributed by atoms with Crippen LogP contribution in [0.3, 0.4) is 0 Å². The van der Waals surface area contributed by atoms with Gasteiger partial charge in [-0.15, -0.1) is 0 Å². The van der Waals surface area contributed by atoms with Crippen LogP contribution in [0.25, 0.3) is 0 Å². The molecule has 0 spiro atoms. The van der Waals surface area contributed by atoms with Crippen LogP contribution in [-0.2, 0) is 22.3 Å².